The molecule has 1 fully saturated rings. The van der Waals surface area contributed by atoms with Gasteiger partial charge in [0.25, 0.3) is 0 Å². The van der Waals surface area contributed by atoms with E-state index in [1.807, 2.05) is 0 Å². The molecule has 2 nitrogen and oxygen atoms in total. The van der Waals surface area contributed by atoms with Crippen LogP contribution in [0.5, 0.6) is 5.75 Å². The third-order valence-electron chi connectivity index (χ3n) is 3.56. The lowest BCUT2D eigenvalue weighted by atomic mass is 10.0. The molecule has 2 aromatic carbocycles. The van der Waals surface area contributed by atoms with Crippen molar-refractivity contribution in [2.45, 2.75) is 19.3 Å². The fraction of sp³-hybridized carbons (Fsp3) is 0.375. The van der Waals surface area contributed by atoms with Gasteiger partial charge in [0.1, 0.15) is 5.75 Å². The van der Waals surface area contributed by atoms with Crippen LogP contribution in [-0.2, 0) is 6.42 Å². The highest BCUT2D eigenvalue weighted by Crippen LogP contribution is 2.33. The van der Waals surface area contributed by atoms with Crippen LogP contribution in [-0.4, -0.2) is 13.2 Å². The number of hydrogen-bond donors (Lipinski definition) is 1. The molecule has 0 spiro atoms. The quantitative estimate of drug-likeness (QED) is 0.873. The second-order valence-corrected chi connectivity index (χ2v) is 5.06. The van der Waals surface area contributed by atoms with E-state index in [0.29, 0.717) is 6.54 Å². The monoisotopic (exact) mass is 241 g/mol. The molecule has 0 aromatic heterocycles. The topological polar surface area (TPSA) is 35.2 Å². The molecular formula is C16H19NO. The Hall–Kier alpha value is -1.54. The molecular weight excluding hydrogens is 222 g/mol. The number of nitrogens with two attached hydrogens (primary N) is 1. The van der Waals surface area contributed by atoms with E-state index in [-0.39, 0.29) is 0 Å². The maximum Gasteiger partial charge on any atom is 0.127 e. The average molecular weight is 241 g/mol. The molecule has 2 aromatic rings. The summed E-state index contributed by atoms with van der Waals surface area (Å²) in [4.78, 5) is 0. The van der Waals surface area contributed by atoms with Crippen molar-refractivity contribution in [1.82, 2.24) is 0 Å². The van der Waals surface area contributed by atoms with E-state index in [1.54, 1.807) is 0 Å². The van der Waals surface area contributed by atoms with Crippen LogP contribution in [0, 0.1) is 5.92 Å². The predicted octanol–water partition coefficient (Wildman–Crippen LogP) is 3.13. The van der Waals surface area contributed by atoms with E-state index < -0.39 is 0 Å². The van der Waals surface area contributed by atoms with Crippen molar-refractivity contribution in [1.29, 1.82) is 0 Å². The molecule has 1 saturated carbocycles. The number of benzene rings is 2. The van der Waals surface area contributed by atoms with Gasteiger partial charge in [-0.2, -0.15) is 0 Å². The van der Waals surface area contributed by atoms with Crippen LogP contribution < -0.4 is 10.5 Å². The third-order valence-corrected chi connectivity index (χ3v) is 3.56. The van der Waals surface area contributed by atoms with Crippen molar-refractivity contribution >= 4 is 10.8 Å². The summed E-state index contributed by atoms with van der Waals surface area (Å²) in [7, 11) is 0. The predicted molar refractivity (Wildman–Crippen MR) is 74.9 cm³/mol. The highest BCUT2D eigenvalue weighted by Gasteiger charge is 2.22. The van der Waals surface area contributed by atoms with Gasteiger partial charge in [-0.05, 0) is 48.7 Å². The highest BCUT2D eigenvalue weighted by molar-refractivity contribution is 5.91. The molecule has 0 radical (unpaired) electrons. The molecule has 0 unspecified atom stereocenters. The molecule has 94 valence electrons. The molecule has 0 heterocycles. The van der Waals surface area contributed by atoms with Crippen molar-refractivity contribution < 1.29 is 4.74 Å². The molecule has 2 heteroatoms. The first kappa shape index (κ1) is 11.5. The van der Waals surface area contributed by atoms with Gasteiger partial charge < -0.3 is 10.5 Å². The summed E-state index contributed by atoms with van der Waals surface area (Å²) in [6.07, 6.45) is 3.57. The number of fused-ring (bicyclic) bond motifs is 1. The van der Waals surface area contributed by atoms with Gasteiger partial charge in [-0.1, -0.05) is 30.3 Å². The van der Waals surface area contributed by atoms with E-state index >= 15 is 0 Å². The summed E-state index contributed by atoms with van der Waals surface area (Å²) in [6.45, 7) is 1.55. The minimum absolute atomic E-state index is 0.687. The van der Waals surface area contributed by atoms with E-state index in [1.165, 1.54) is 29.2 Å². The lowest BCUT2D eigenvalue weighted by molar-refractivity contribution is 0.303. The maximum absolute atomic E-state index is 5.95. The largest absolute Gasteiger partial charge is 0.493 e. The van der Waals surface area contributed by atoms with E-state index in [2.05, 4.69) is 36.4 Å². The van der Waals surface area contributed by atoms with Crippen LogP contribution in [0.25, 0.3) is 10.8 Å². The highest BCUT2D eigenvalue weighted by atomic mass is 16.5. The Kier molecular flexibility index (Phi) is 3.20. The Bertz CT molecular complexity index is 546. The SMILES string of the molecule is NCCc1ccc(OCC2CC2)c2ccccc12. The van der Waals surface area contributed by atoms with Crippen LogP contribution in [0.15, 0.2) is 36.4 Å². The van der Waals surface area contributed by atoms with Crippen LogP contribution in [0.2, 0.25) is 0 Å². The first-order chi connectivity index (χ1) is 8.88. The van der Waals surface area contributed by atoms with Gasteiger partial charge in [0, 0.05) is 5.39 Å². The molecule has 0 atom stereocenters. The van der Waals surface area contributed by atoms with Gasteiger partial charge in [-0.3, -0.25) is 0 Å². The fourth-order valence-electron chi connectivity index (χ4n) is 2.33. The van der Waals surface area contributed by atoms with Crippen molar-refractivity contribution in [2.75, 3.05) is 13.2 Å². The molecule has 1 aliphatic carbocycles. The van der Waals surface area contributed by atoms with E-state index in [0.717, 1.165) is 24.7 Å². The lowest BCUT2D eigenvalue weighted by Gasteiger charge is -2.12. The van der Waals surface area contributed by atoms with E-state index in [4.69, 9.17) is 10.5 Å². The molecule has 1 aliphatic rings. The summed E-state index contributed by atoms with van der Waals surface area (Å²) in [5.74, 6) is 1.80. The molecule has 0 amide bonds. The van der Waals surface area contributed by atoms with Crippen molar-refractivity contribution in [2.24, 2.45) is 11.7 Å². The number of ether oxygens (including phenoxy) is 1. The molecule has 0 aliphatic heterocycles. The van der Waals surface area contributed by atoms with Crippen LogP contribution in [0.3, 0.4) is 0 Å². The normalized spacial score (nSPS) is 14.9. The van der Waals surface area contributed by atoms with Crippen molar-refractivity contribution in [3.8, 4) is 5.75 Å². The summed E-state index contributed by atoms with van der Waals surface area (Å²) in [6, 6.07) is 12.7. The first-order valence-corrected chi connectivity index (χ1v) is 6.72. The Balaban J connectivity index is 1.95. The second-order valence-electron chi connectivity index (χ2n) is 5.06. The third kappa shape index (κ3) is 2.34. The van der Waals surface area contributed by atoms with Gasteiger partial charge in [-0.15, -0.1) is 0 Å². The summed E-state index contributed by atoms with van der Waals surface area (Å²) in [5.41, 5.74) is 6.98. The minimum Gasteiger partial charge on any atom is -0.493 e. The summed E-state index contributed by atoms with van der Waals surface area (Å²) in [5, 5.41) is 2.49. The Labute approximate surface area is 108 Å². The zero-order chi connectivity index (χ0) is 12.4. The molecule has 18 heavy (non-hydrogen) atoms. The summed E-state index contributed by atoms with van der Waals surface area (Å²) < 4.78 is 5.95. The Morgan fingerprint density at radius 1 is 1.06 bits per heavy atom. The smallest absolute Gasteiger partial charge is 0.127 e. The van der Waals surface area contributed by atoms with Crippen molar-refractivity contribution in [3.05, 3.63) is 42.0 Å². The molecule has 3 rings (SSSR count). The fourth-order valence-corrected chi connectivity index (χ4v) is 2.33. The van der Waals surface area contributed by atoms with Gasteiger partial charge in [0.05, 0.1) is 6.61 Å². The van der Waals surface area contributed by atoms with Gasteiger partial charge in [0.2, 0.25) is 0 Å². The van der Waals surface area contributed by atoms with Crippen LogP contribution >= 0.6 is 0 Å². The van der Waals surface area contributed by atoms with Gasteiger partial charge in [-0.25, -0.2) is 0 Å². The first-order valence-electron chi connectivity index (χ1n) is 6.72. The summed E-state index contributed by atoms with van der Waals surface area (Å²) >= 11 is 0. The maximum atomic E-state index is 5.95. The van der Waals surface area contributed by atoms with Gasteiger partial charge >= 0.3 is 0 Å². The Morgan fingerprint density at radius 2 is 1.83 bits per heavy atom. The van der Waals surface area contributed by atoms with Crippen molar-refractivity contribution in [3.63, 3.8) is 0 Å². The van der Waals surface area contributed by atoms with E-state index in [9.17, 15) is 0 Å². The molecule has 0 bridgehead atoms. The molecule has 0 saturated heterocycles. The van der Waals surface area contributed by atoms with Crippen LogP contribution in [0.4, 0.5) is 0 Å². The standard InChI is InChI=1S/C16H19NO/c17-10-9-13-7-8-16(18-11-12-5-6-12)15-4-2-1-3-14(13)15/h1-4,7-8,12H,5-6,9-11,17H2. The second kappa shape index (κ2) is 4.99. The lowest BCUT2D eigenvalue weighted by Crippen LogP contribution is -2.04. The average Bonchev–Trinajstić information content (AvgIpc) is 3.22. The van der Waals surface area contributed by atoms with Crippen LogP contribution in [0.1, 0.15) is 18.4 Å². The number of rotatable bonds is 5. The number of hydrogen-bond acceptors (Lipinski definition) is 2. The zero-order valence-corrected chi connectivity index (χ0v) is 10.6. The Morgan fingerprint density at radius 3 is 2.56 bits per heavy atom. The molecule has 2 N–H and O–H groups in total. The van der Waals surface area contributed by atoms with Gasteiger partial charge in [0.15, 0.2) is 0 Å². The zero-order valence-electron chi connectivity index (χ0n) is 10.6. The minimum atomic E-state index is 0.687.